The second kappa shape index (κ2) is 6.52. The first-order valence-electron chi connectivity index (χ1n) is 7.57. The van der Waals surface area contributed by atoms with E-state index in [9.17, 15) is 8.42 Å². The summed E-state index contributed by atoms with van der Waals surface area (Å²) >= 11 is 0. The molecule has 0 amide bonds. The first-order valence-corrected chi connectivity index (χ1v) is 9.05. The van der Waals surface area contributed by atoms with Crippen molar-refractivity contribution in [3.63, 3.8) is 0 Å². The van der Waals surface area contributed by atoms with Crippen molar-refractivity contribution in [1.29, 1.82) is 0 Å². The Labute approximate surface area is 117 Å². The Morgan fingerprint density at radius 2 is 2.00 bits per heavy atom. The van der Waals surface area contributed by atoms with Crippen LogP contribution in [0.1, 0.15) is 58.3 Å². The van der Waals surface area contributed by atoms with Crippen LogP contribution in [0.3, 0.4) is 0 Å². The highest BCUT2D eigenvalue weighted by Gasteiger charge is 2.37. The topological polar surface area (TPSA) is 70.2 Å². The molecule has 0 bridgehead atoms. The van der Waals surface area contributed by atoms with E-state index >= 15 is 0 Å². The van der Waals surface area contributed by atoms with E-state index in [1.165, 1.54) is 32.1 Å². The van der Waals surface area contributed by atoms with Crippen LogP contribution in [0.2, 0.25) is 0 Å². The fraction of sp³-hybridized carbons (Fsp3) is 1.00. The molecule has 1 saturated carbocycles. The van der Waals surface area contributed by atoms with Crippen LogP contribution in [0.25, 0.3) is 0 Å². The molecule has 1 unspecified atom stereocenters. The van der Waals surface area contributed by atoms with Gasteiger partial charge in [-0.1, -0.05) is 26.2 Å². The zero-order valence-electron chi connectivity index (χ0n) is 11.9. The summed E-state index contributed by atoms with van der Waals surface area (Å²) < 4.78 is 29.2. The van der Waals surface area contributed by atoms with Crippen LogP contribution in [-0.2, 0) is 10.2 Å². The maximum absolute atomic E-state index is 11.9. The maximum atomic E-state index is 11.9. The molecule has 19 heavy (non-hydrogen) atoms. The van der Waals surface area contributed by atoms with Gasteiger partial charge in [0.2, 0.25) is 0 Å². The van der Waals surface area contributed by atoms with Gasteiger partial charge in [-0.05, 0) is 38.6 Å². The van der Waals surface area contributed by atoms with Gasteiger partial charge in [-0.3, -0.25) is 0 Å². The SMILES string of the molecule is CCCNS(=O)(=O)NC1CCNC2(CCCCC2)C1. The molecule has 112 valence electrons. The molecule has 6 heteroatoms. The van der Waals surface area contributed by atoms with Gasteiger partial charge in [-0.2, -0.15) is 13.1 Å². The van der Waals surface area contributed by atoms with Crippen LogP contribution < -0.4 is 14.8 Å². The molecule has 2 rings (SSSR count). The summed E-state index contributed by atoms with van der Waals surface area (Å²) in [6, 6.07) is 0.0775. The highest BCUT2D eigenvalue weighted by atomic mass is 32.2. The van der Waals surface area contributed by atoms with Crippen LogP contribution in [-0.4, -0.2) is 33.1 Å². The Balaban J connectivity index is 1.90. The van der Waals surface area contributed by atoms with E-state index in [1.54, 1.807) is 0 Å². The van der Waals surface area contributed by atoms with Crippen molar-refractivity contribution in [2.45, 2.75) is 69.9 Å². The minimum atomic E-state index is -3.33. The zero-order chi connectivity index (χ0) is 13.8. The molecule has 5 nitrogen and oxygen atoms in total. The molecule has 1 atom stereocenters. The van der Waals surface area contributed by atoms with Crippen molar-refractivity contribution >= 4 is 10.2 Å². The maximum Gasteiger partial charge on any atom is 0.277 e. The Morgan fingerprint density at radius 3 is 2.68 bits per heavy atom. The summed E-state index contributed by atoms with van der Waals surface area (Å²) in [6.07, 6.45) is 8.85. The van der Waals surface area contributed by atoms with E-state index in [0.717, 1.165) is 25.8 Å². The molecule has 0 aromatic rings. The van der Waals surface area contributed by atoms with E-state index in [2.05, 4.69) is 14.8 Å². The Bertz CT molecular complexity index is 372. The lowest BCUT2D eigenvalue weighted by molar-refractivity contribution is 0.165. The molecule has 2 fully saturated rings. The molecule has 0 aromatic carbocycles. The van der Waals surface area contributed by atoms with Crippen LogP contribution in [0.15, 0.2) is 0 Å². The summed E-state index contributed by atoms with van der Waals surface area (Å²) in [6.45, 7) is 3.39. The third-order valence-corrected chi connectivity index (χ3v) is 5.53. The second-order valence-electron chi connectivity index (χ2n) is 5.97. The van der Waals surface area contributed by atoms with Crippen molar-refractivity contribution in [3.05, 3.63) is 0 Å². The molecule has 1 saturated heterocycles. The monoisotopic (exact) mass is 289 g/mol. The van der Waals surface area contributed by atoms with Crippen molar-refractivity contribution in [2.75, 3.05) is 13.1 Å². The quantitative estimate of drug-likeness (QED) is 0.714. The normalized spacial score (nSPS) is 27.5. The number of rotatable bonds is 5. The van der Waals surface area contributed by atoms with Crippen molar-refractivity contribution in [3.8, 4) is 0 Å². The van der Waals surface area contributed by atoms with E-state index in [0.29, 0.717) is 6.54 Å². The molecular formula is C13H27N3O2S. The van der Waals surface area contributed by atoms with Crippen LogP contribution in [0.5, 0.6) is 0 Å². The lowest BCUT2D eigenvalue weighted by atomic mass is 9.75. The van der Waals surface area contributed by atoms with Gasteiger partial charge in [0, 0.05) is 18.1 Å². The van der Waals surface area contributed by atoms with Gasteiger partial charge < -0.3 is 5.32 Å². The van der Waals surface area contributed by atoms with E-state index in [-0.39, 0.29) is 11.6 Å². The van der Waals surface area contributed by atoms with Crippen molar-refractivity contribution in [2.24, 2.45) is 0 Å². The zero-order valence-corrected chi connectivity index (χ0v) is 12.7. The number of hydrogen-bond donors (Lipinski definition) is 3. The van der Waals surface area contributed by atoms with E-state index in [4.69, 9.17) is 0 Å². The minimum Gasteiger partial charge on any atom is -0.311 e. The smallest absolute Gasteiger partial charge is 0.277 e. The highest BCUT2D eigenvalue weighted by molar-refractivity contribution is 7.87. The van der Waals surface area contributed by atoms with Gasteiger partial charge in [0.25, 0.3) is 10.2 Å². The largest absolute Gasteiger partial charge is 0.311 e. The summed E-state index contributed by atoms with van der Waals surface area (Å²) in [4.78, 5) is 0. The lowest BCUT2D eigenvalue weighted by Crippen LogP contribution is -2.58. The summed E-state index contributed by atoms with van der Waals surface area (Å²) in [7, 11) is -3.33. The fourth-order valence-corrected chi connectivity index (χ4v) is 4.56. The number of piperidine rings is 1. The van der Waals surface area contributed by atoms with E-state index in [1.807, 2.05) is 6.92 Å². The standard InChI is InChI=1S/C13H27N3O2S/c1-2-9-15-19(17,18)16-12-6-10-14-13(11-12)7-4-3-5-8-13/h12,14-16H,2-11H2,1H3. The summed E-state index contributed by atoms with van der Waals surface area (Å²) in [5, 5.41) is 3.64. The average molecular weight is 289 g/mol. The first-order chi connectivity index (χ1) is 9.05. The average Bonchev–Trinajstić information content (AvgIpc) is 2.37. The van der Waals surface area contributed by atoms with Crippen LogP contribution in [0.4, 0.5) is 0 Å². The highest BCUT2D eigenvalue weighted by Crippen LogP contribution is 2.34. The summed E-state index contributed by atoms with van der Waals surface area (Å²) in [5.74, 6) is 0. The lowest BCUT2D eigenvalue weighted by Gasteiger charge is -2.44. The third kappa shape index (κ3) is 4.41. The predicted molar refractivity (Wildman–Crippen MR) is 77.2 cm³/mol. The molecule has 0 radical (unpaired) electrons. The molecule has 3 N–H and O–H groups in total. The van der Waals surface area contributed by atoms with Gasteiger partial charge in [0.1, 0.15) is 0 Å². The Morgan fingerprint density at radius 1 is 1.26 bits per heavy atom. The van der Waals surface area contributed by atoms with Gasteiger partial charge in [-0.25, -0.2) is 4.72 Å². The number of hydrogen-bond acceptors (Lipinski definition) is 3. The molecular weight excluding hydrogens is 262 g/mol. The summed E-state index contributed by atoms with van der Waals surface area (Å²) in [5.41, 5.74) is 0.189. The van der Waals surface area contributed by atoms with E-state index < -0.39 is 10.2 Å². The molecule has 1 heterocycles. The fourth-order valence-electron chi connectivity index (χ4n) is 3.37. The molecule has 1 spiro atoms. The van der Waals surface area contributed by atoms with Crippen molar-refractivity contribution in [1.82, 2.24) is 14.8 Å². The van der Waals surface area contributed by atoms with Crippen LogP contribution in [0, 0.1) is 0 Å². The van der Waals surface area contributed by atoms with Crippen molar-refractivity contribution < 1.29 is 8.42 Å². The second-order valence-corrected chi connectivity index (χ2v) is 7.50. The van der Waals surface area contributed by atoms with Gasteiger partial charge in [0.05, 0.1) is 0 Å². The Hall–Kier alpha value is -0.170. The van der Waals surface area contributed by atoms with Gasteiger partial charge in [0.15, 0.2) is 0 Å². The van der Waals surface area contributed by atoms with Crippen LogP contribution >= 0.6 is 0 Å². The molecule has 1 aliphatic carbocycles. The first kappa shape index (κ1) is 15.2. The Kier molecular flexibility index (Phi) is 5.22. The predicted octanol–water partition coefficient (Wildman–Crippen LogP) is 1.28. The van der Waals surface area contributed by atoms with Gasteiger partial charge >= 0.3 is 0 Å². The minimum absolute atomic E-state index is 0.0775. The molecule has 2 aliphatic rings. The molecule has 0 aromatic heterocycles. The number of nitrogens with one attached hydrogen (secondary N) is 3. The molecule has 1 aliphatic heterocycles. The van der Waals surface area contributed by atoms with Gasteiger partial charge in [-0.15, -0.1) is 0 Å². The third-order valence-electron chi connectivity index (χ3n) is 4.30.